The van der Waals surface area contributed by atoms with Crippen molar-refractivity contribution in [2.45, 2.75) is 24.9 Å². The van der Waals surface area contributed by atoms with Crippen molar-refractivity contribution in [3.63, 3.8) is 0 Å². The molecule has 176 valence electrons. The second kappa shape index (κ2) is 9.04. The molecule has 1 atom stereocenters. The number of nitrogens with zero attached hydrogens (tertiary/aromatic N) is 2. The smallest absolute Gasteiger partial charge is 0.426 e. The number of fused-ring (bicyclic) bond motifs is 1. The summed E-state index contributed by atoms with van der Waals surface area (Å²) in [7, 11) is -3.10. The van der Waals surface area contributed by atoms with Gasteiger partial charge in [-0.15, -0.1) is 0 Å². The fraction of sp³-hybridized carbons (Fsp3) is 0.421. The monoisotopic (exact) mass is 484 g/mol. The lowest BCUT2D eigenvalue weighted by Crippen LogP contribution is -2.48. The topological polar surface area (TPSA) is 66.9 Å². The Morgan fingerprint density at radius 3 is 2.31 bits per heavy atom. The molecule has 2 aromatic rings. The number of likely N-dealkylation sites (tertiary alicyclic amines) is 1. The van der Waals surface area contributed by atoms with Crippen LogP contribution < -0.4 is 4.31 Å². The van der Waals surface area contributed by atoms with Gasteiger partial charge in [-0.05, 0) is 23.8 Å². The lowest BCUT2D eigenvalue weighted by molar-refractivity contribution is -0.308. The molecule has 1 aliphatic heterocycles. The zero-order valence-electron chi connectivity index (χ0n) is 16.3. The van der Waals surface area contributed by atoms with E-state index >= 15 is 0 Å². The van der Waals surface area contributed by atoms with Gasteiger partial charge in [0.2, 0.25) is 10.9 Å². The highest BCUT2D eigenvalue weighted by Crippen LogP contribution is 2.36. The summed E-state index contributed by atoms with van der Waals surface area (Å²) < 4.78 is 104. The van der Waals surface area contributed by atoms with Gasteiger partial charge in [0.05, 0.1) is 5.69 Å². The number of alkyl halides is 6. The highest BCUT2D eigenvalue weighted by molar-refractivity contribution is 7.74. The van der Waals surface area contributed by atoms with E-state index in [1.54, 1.807) is 42.5 Å². The molecule has 3 rings (SSSR count). The molecular formula is C19H18F6N2O4S. The minimum Gasteiger partial charge on any atom is -0.426 e. The Balaban J connectivity index is 1.72. The number of ether oxygens (including phenoxy) is 1. The third-order valence-corrected chi connectivity index (χ3v) is 5.80. The summed E-state index contributed by atoms with van der Waals surface area (Å²) in [5.41, 5.74) is 0.384. The van der Waals surface area contributed by atoms with Gasteiger partial charge in [-0.3, -0.25) is 4.31 Å². The fourth-order valence-corrected chi connectivity index (χ4v) is 4.29. The lowest BCUT2D eigenvalue weighted by atomic mass is 10.1. The molecule has 0 N–H and O–H groups in total. The van der Waals surface area contributed by atoms with Crippen molar-refractivity contribution >= 4 is 33.4 Å². The number of thiol groups is 1. The van der Waals surface area contributed by atoms with E-state index in [-0.39, 0.29) is 26.1 Å². The van der Waals surface area contributed by atoms with Gasteiger partial charge in [-0.1, -0.05) is 36.4 Å². The van der Waals surface area contributed by atoms with Gasteiger partial charge >= 0.3 is 18.4 Å². The predicted molar refractivity (Wildman–Crippen MR) is 104 cm³/mol. The molecule has 6 nitrogen and oxygen atoms in total. The van der Waals surface area contributed by atoms with Crippen molar-refractivity contribution < 1.29 is 44.3 Å². The average Bonchev–Trinajstić information content (AvgIpc) is 3.16. The van der Waals surface area contributed by atoms with Gasteiger partial charge in [0.25, 0.3) is 6.10 Å². The molecular weight excluding hydrogens is 466 g/mol. The van der Waals surface area contributed by atoms with E-state index in [1.807, 2.05) is 0 Å². The van der Waals surface area contributed by atoms with Crippen LogP contribution in [0.15, 0.2) is 42.5 Å². The maximum absolute atomic E-state index is 12.6. The second-order valence-corrected chi connectivity index (χ2v) is 8.22. The van der Waals surface area contributed by atoms with Crippen molar-refractivity contribution in [3.05, 3.63) is 42.5 Å². The minimum atomic E-state index is -5.81. The van der Waals surface area contributed by atoms with E-state index in [1.165, 1.54) is 0 Å². The van der Waals surface area contributed by atoms with Crippen LogP contribution in [0.5, 0.6) is 0 Å². The number of benzene rings is 2. The van der Waals surface area contributed by atoms with E-state index in [9.17, 15) is 39.6 Å². The molecule has 1 amide bonds. The Kier molecular flexibility index (Phi) is 6.77. The highest BCUT2D eigenvalue weighted by Gasteiger charge is 2.60. The summed E-state index contributed by atoms with van der Waals surface area (Å²) in [6, 6.07) is 12.1. The zero-order valence-corrected chi connectivity index (χ0v) is 17.2. The van der Waals surface area contributed by atoms with Gasteiger partial charge in [0.1, 0.15) is 0 Å². The van der Waals surface area contributed by atoms with Crippen molar-refractivity contribution in [3.8, 4) is 0 Å². The summed E-state index contributed by atoms with van der Waals surface area (Å²) in [5, 5.41) is 1.44. The van der Waals surface area contributed by atoms with Gasteiger partial charge < -0.3 is 9.64 Å². The lowest BCUT2D eigenvalue weighted by Gasteiger charge is -2.26. The molecule has 1 fully saturated rings. The molecule has 2 aromatic carbocycles. The van der Waals surface area contributed by atoms with Crippen molar-refractivity contribution in [2.24, 2.45) is 5.92 Å². The Bertz CT molecular complexity index is 1030. The van der Waals surface area contributed by atoms with Gasteiger partial charge in [0.15, 0.2) is 0 Å². The SMILES string of the molecule is O=C(OC(C(F)(F)F)C(F)(F)F)N1CCC(CN(c2cccc3ccccc23)[SH](=O)=O)C1. The van der Waals surface area contributed by atoms with Crippen LogP contribution in [0.3, 0.4) is 0 Å². The molecule has 1 aliphatic rings. The number of carbonyl (C=O) groups excluding carboxylic acids is 1. The molecule has 0 saturated carbocycles. The number of rotatable bonds is 5. The molecule has 0 radical (unpaired) electrons. The van der Waals surface area contributed by atoms with Crippen molar-refractivity contribution in [1.29, 1.82) is 0 Å². The molecule has 1 saturated heterocycles. The molecule has 0 spiro atoms. The molecule has 0 bridgehead atoms. The molecule has 1 heterocycles. The normalized spacial score (nSPS) is 17.4. The van der Waals surface area contributed by atoms with Gasteiger partial charge in [-0.25, -0.2) is 13.2 Å². The molecule has 32 heavy (non-hydrogen) atoms. The number of anilines is 1. The summed E-state index contributed by atoms with van der Waals surface area (Å²) >= 11 is 0. The van der Waals surface area contributed by atoms with Crippen LogP contribution >= 0.6 is 0 Å². The van der Waals surface area contributed by atoms with E-state index in [0.717, 1.165) is 9.69 Å². The first-order valence-electron chi connectivity index (χ1n) is 9.36. The number of amides is 1. The minimum absolute atomic E-state index is 0.0987. The number of hydrogen-bond donors (Lipinski definition) is 1. The van der Waals surface area contributed by atoms with E-state index in [2.05, 4.69) is 4.74 Å². The third kappa shape index (κ3) is 5.37. The fourth-order valence-electron chi connectivity index (χ4n) is 3.57. The van der Waals surface area contributed by atoms with Crippen LogP contribution in [0.1, 0.15) is 6.42 Å². The summed E-state index contributed by atoms with van der Waals surface area (Å²) in [5.74, 6) is -0.510. The summed E-state index contributed by atoms with van der Waals surface area (Å²) in [6.07, 6.45) is -17.4. The van der Waals surface area contributed by atoms with Crippen LogP contribution in [0, 0.1) is 5.92 Å². The van der Waals surface area contributed by atoms with E-state index in [0.29, 0.717) is 16.0 Å². The zero-order chi connectivity index (χ0) is 23.7. The number of halogens is 6. The predicted octanol–water partition coefficient (Wildman–Crippen LogP) is 4.12. The third-order valence-electron chi connectivity index (χ3n) is 5.03. The number of carbonyl (C=O) groups is 1. The van der Waals surface area contributed by atoms with Crippen LogP contribution in [-0.4, -0.2) is 57.5 Å². The summed E-state index contributed by atoms with van der Waals surface area (Å²) in [4.78, 5) is 12.6. The Morgan fingerprint density at radius 2 is 1.69 bits per heavy atom. The van der Waals surface area contributed by atoms with E-state index in [4.69, 9.17) is 0 Å². The van der Waals surface area contributed by atoms with Crippen LogP contribution in [0.4, 0.5) is 36.8 Å². The Labute approximate surface area is 180 Å². The second-order valence-electron chi connectivity index (χ2n) is 7.27. The molecule has 0 aliphatic carbocycles. The Morgan fingerprint density at radius 1 is 1.06 bits per heavy atom. The number of hydrogen-bond acceptors (Lipinski definition) is 4. The van der Waals surface area contributed by atoms with Crippen molar-refractivity contribution in [2.75, 3.05) is 23.9 Å². The van der Waals surface area contributed by atoms with Crippen molar-refractivity contribution in [1.82, 2.24) is 4.90 Å². The maximum atomic E-state index is 12.6. The highest BCUT2D eigenvalue weighted by atomic mass is 32.2. The van der Waals surface area contributed by atoms with Crippen LogP contribution in [-0.2, 0) is 15.6 Å². The first-order chi connectivity index (χ1) is 14.9. The van der Waals surface area contributed by atoms with E-state index < -0.39 is 41.4 Å². The standard InChI is InChI=1S/C19H18F6N2O4S/c20-18(21,22)16(19(23,24)25)31-17(28)26-9-8-12(10-26)11-27(32(29)30)15-7-3-5-13-4-1-2-6-14(13)15/h1-7,12,16,32H,8-11H2. The average molecular weight is 484 g/mol. The first-order valence-corrected chi connectivity index (χ1v) is 10.5. The van der Waals surface area contributed by atoms with Gasteiger partial charge in [0, 0.05) is 25.0 Å². The van der Waals surface area contributed by atoms with Crippen LogP contribution in [0.25, 0.3) is 10.8 Å². The van der Waals surface area contributed by atoms with Crippen LogP contribution in [0.2, 0.25) is 0 Å². The maximum Gasteiger partial charge on any atom is 0.434 e. The summed E-state index contributed by atoms with van der Waals surface area (Å²) in [6.45, 7) is -0.505. The molecule has 13 heteroatoms. The molecule has 0 aromatic heterocycles. The molecule has 1 unspecified atom stereocenters. The first kappa shape index (κ1) is 24.0. The van der Waals surface area contributed by atoms with Gasteiger partial charge in [-0.2, -0.15) is 26.3 Å². The largest absolute Gasteiger partial charge is 0.434 e. The Hall–Kier alpha value is -2.70. The quantitative estimate of drug-likeness (QED) is 0.512.